The highest BCUT2D eigenvalue weighted by Crippen LogP contribution is 2.22. The van der Waals surface area contributed by atoms with Crippen molar-refractivity contribution in [2.75, 3.05) is 0 Å². The molecule has 25 heavy (non-hydrogen) atoms. The maximum atomic E-state index is 12.3. The van der Waals surface area contributed by atoms with Gasteiger partial charge in [0.05, 0.1) is 22.1 Å². The Labute approximate surface area is 146 Å². The summed E-state index contributed by atoms with van der Waals surface area (Å²) in [6.45, 7) is 3.77. The second-order valence-electron chi connectivity index (χ2n) is 5.38. The number of aryl methyl sites for hydroxylation is 2. The van der Waals surface area contributed by atoms with Gasteiger partial charge in [-0.2, -0.15) is 4.98 Å². The van der Waals surface area contributed by atoms with Crippen LogP contribution >= 0.6 is 11.6 Å². The number of hydrogen-bond donors (Lipinski definition) is 1. The van der Waals surface area contributed by atoms with Crippen molar-refractivity contribution < 1.29 is 9.72 Å². The van der Waals surface area contributed by atoms with E-state index in [-0.39, 0.29) is 22.8 Å². The minimum absolute atomic E-state index is 0.0183. The van der Waals surface area contributed by atoms with Crippen LogP contribution in [0.2, 0.25) is 5.02 Å². The van der Waals surface area contributed by atoms with Crippen LogP contribution < -0.4 is 5.32 Å². The lowest BCUT2D eigenvalue weighted by Gasteiger charge is -2.04. The van der Waals surface area contributed by atoms with Gasteiger partial charge in [0.1, 0.15) is 0 Å². The van der Waals surface area contributed by atoms with Gasteiger partial charge in [0.25, 0.3) is 17.4 Å². The number of halogens is 1. The molecule has 0 aliphatic carbocycles. The molecule has 2 heterocycles. The molecule has 10 heteroatoms. The van der Waals surface area contributed by atoms with Gasteiger partial charge in [-0.15, -0.1) is 5.10 Å². The molecule has 0 fully saturated rings. The molecule has 0 aliphatic heterocycles. The average Bonchev–Trinajstić information content (AvgIpc) is 2.96. The van der Waals surface area contributed by atoms with Gasteiger partial charge in [0, 0.05) is 23.5 Å². The minimum atomic E-state index is -0.590. The summed E-state index contributed by atoms with van der Waals surface area (Å²) in [5.74, 6) is 0.264. The highest BCUT2D eigenvalue weighted by Gasteiger charge is 2.16. The molecule has 0 spiro atoms. The number of carbonyl (C=O) groups is 1. The molecule has 128 valence electrons. The van der Waals surface area contributed by atoms with Gasteiger partial charge in [0.2, 0.25) is 0 Å². The molecule has 0 bridgehead atoms. The first-order valence-electron chi connectivity index (χ1n) is 7.27. The lowest BCUT2D eigenvalue weighted by atomic mass is 10.2. The first-order valence-corrected chi connectivity index (χ1v) is 7.65. The number of non-ortho nitro benzene ring substituents is 1. The van der Waals surface area contributed by atoms with Crippen molar-refractivity contribution in [1.29, 1.82) is 0 Å². The topological polar surface area (TPSA) is 115 Å². The van der Waals surface area contributed by atoms with E-state index >= 15 is 0 Å². The number of aromatic nitrogens is 4. The SMILES string of the molecule is Cc1cc(C)n2nc(CNC(=O)c3cc([N+](=O)[O-])ccc3Cl)nc2n1. The third-order valence-corrected chi connectivity index (χ3v) is 3.80. The molecule has 0 radical (unpaired) electrons. The van der Waals surface area contributed by atoms with Crippen molar-refractivity contribution in [1.82, 2.24) is 24.9 Å². The van der Waals surface area contributed by atoms with E-state index < -0.39 is 10.8 Å². The summed E-state index contributed by atoms with van der Waals surface area (Å²) in [6.07, 6.45) is 0. The van der Waals surface area contributed by atoms with Crippen LogP contribution in [0.25, 0.3) is 5.78 Å². The van der Waals surface area contributed by atoms with E-state index in [1.165, 1.54) is 12.1 Å². The van der Waals surface area contributed by atoms with Crippen molar-refractivity contribution >= 4 is 29.0 Å². The van der Waals surface area contributed by atoms with Gasteiger partial charge in [-0.1, -0.05) is 11.6 Å². The van der Waals surface area contributed by atoms with Gasteiger partial charge < -0.3 is 5.32 Å². The quantitative estimate of drug-likeness (QED) is 0.563. The Morgan fingerprint density at radius 2 is 2.08 bits per heavy atom. The molecule has 1 aromatic carbocycles. The summed E-state index contributed by atoms with van der Waals surface area (Å²) in [6, 6.07) is 5.55. The Morgan fingerprint density at radius 3 is 2.80 bits per heavy atom. The fourth-order valence-corrected chi connectivity index (χ4v) is 2.54. The lowest BCUT2D eigenvalue weighted by molar-refractivity contribution is -0.384. The van der Waals surface area contributed by atoms with E-state index in [4.69, 9.17) is 11.6 Å². The van der Waals surface area contributed by atoms with Crippen LogP contribution in [0.4, 0.5) is 5.69 Å². The third kappa shape index (κ3) is 3.41. The monoisotopic (exact) mass is 360 g/mol. The van der Waals surface area contributed by atoms with Crippen molar-refractivity contribution in [3.63, 3.8) is 0 Å². The number of carbonyl (C=O) groups excluding carboxylic acids is 1. The first kappa shape index (κ1) is 16.8. The number of nitrogens with zero attached hydrogens (tertiary/aromatic N) is 5. The van der Waals surface area contributed by atoms with Gasteiger partial charge in [0.15, 0.2) is 5.82 Å². The number of hydrogen-bond acceptors (Lipinski definition) is 6. The Morgan fingerprint density at radius 1 is 1.32 bits per heavy atom. The number of nitro groups is 1. The fraction of sp³-hybridized carbons (Fsp3) is 0.200. The van der Waals surface area contributed by atoms with Crippen LogP contribution in [0.5, 0.6) is 0 Å². The normalized spacial score (nSPS) is 10.8. The Balaban J connectivity index is 1.80. The highest BCUT2D eigenvalue weighted by molar-refractivity contribution is 6.33. The van der Waals surface area contributed by atoms with Crippen molar-refractivity contribution in [2.24, 2.45) is 0 Å². The molecule has 1 N–H and O–H groups in total. The van der Waals surface area contributed by atoms with Crippen LogP contribution in [0.1, 0.15) is 27.6 Å². The summed E-state index contributed by atoms with van der Waals surface area (Å²) in [5, 5.41) is 17.8. The Hall–Kier alpha value is -3.07. The predicted molar refractivity (Wildman–Crippen MR) is 89.5 cm³/mol. The van der Waals surface area contributed by atoms with E-state index in [1.54, 1.807) is 4.52 Å². The number of fused-ring (bicyclic) bond motifs is 1. The van der Waals surface area contributed by atoms with Crippen LogP contribution in [0.3, 0.4) is 0 Å². The van der Waals surface area contributed by atoms with E-state index in [0.717, 1.165) is 17.5 Å². The summed E-state index contributed by atoms with van der Waals surface area (Å²) < 4.78 is 1.58. The zero-order valence-electron chi connectivity index (χ0n) is 13.4. The standard InChI is InChI=1S/C15H13ClN6O3/c1-8-5-9(2)21-15(18-8)19-13(20-21)7-17-14(23)11-6-10(22(24)25)3-4-12(11)16/h3-6H,7H2,1-2H3,(H,17,23). The van der Waals surface area contributed by atoms with Gasteiger partial charge in [-0.3, -0.25) is 14.9 Å². The van der Waals surface area contributed by atoms with E-state index in [0.29, 0.717) is 11.6 Å². The molecule has 1 amide bonds. The largest absolute Gasteiger partial charge is 0.345 e. The highest BCUT2D eigenvalue weighted by atomic mass is 35.5. The summed E-state index contributed by atoms with van der Waals surface area (Å²) in [5.41, 5.74) is 1.49. The molecule has 0 unspecified atom stereocenters. The molecule has 0 atom stereocenters. The van der Waals surface area contributed by atoms with Gasteiger partial charge in [-0.25, -0.2) is 9.50 Å². The van der Waals surface area contributed by atoms with Crippen LogP contribution in [-0.2, 0) is 6.54 Å². The Kier molecular flexibility index (Phi) is 4.32. The molecular weight excluding hydrogens is 348 g/mol. The number of nitro benzene ring substituents is 1. The zero-order chi connectivity index (χ0) is 18.1. The molecule has 0 aliphatic rings. The molecule has 3 rings (SSSR count). The summed E-state index contributed by atoms with van der Waals surface area (Å²) >= 11 is 5.95. The zero-order valence-corrected chi connectivity index (χ0v) is 14.1. The fourth-order valence-electron chi connectivity index (χ4n) is 2.34. The van der Waals surface area contributed by atoms with Crippen molar-refractivity contribution in [3.05, 3.63) is 62.2 Å². The van der Waals surface area contributed by atoms with Crippen LogP contribution in [-0.4, -0.2) is 30.4 Å². The smallest absolute Gasteiger partial charge is 0.270 e. The second-order valence-corrected chi connectivity index (χ2v) is 5.79. The second kappa shape index (κ2) is 6.44. The maximum absolute atomic E-state index is 12.3. The molecule has 3 aromatic rings. The number of nitrogens with one attached hydrogen (secondary N) is 1. The summed E-state index contributed by atoms with van der Waals surface area (Å²) in [7, 11) is 0. The molecule has 0 saturated carbocycles. The summed E-state index contributed by atoms with van der Waals surface area (Å²) in [4.78, 5) is 31.0. The Bertz CT molecular complexity index is 1000. The van der Waals surface area contributed by atoms with Crippen LogP contribution in [0.15, 0.2) is 24.3 Å². The average molecular weight is 361 g/mol. The number of benzene rings is 1. The lowest BCUT2D eigenvalue weighted by Crippen LogP contribution is -2.24. The van der Waals surface area contributed by atoms with E-state index in [9.17, 15) is 14.9 Å². The molecule has 2 aromatic heterocycles. The van der Waals surface area contributed by atoms with Crippen LogP contribution in [0, 0.1) is 24.0 Å². The van der Waals surface area contributed by atoms with Crippen molar-refractivity contribution in [2.45, 2.75) is 20.4 Å². The predicted octanol–water partition coefficient (Wildman–Crippen LogP) is 2.23. The van der Waals surface area contributed by atoms with Gasteiger partial charge >= 0.3 is 0 Å². The van der Waals surface area contributed by atoms with E-state index in [2.05, 4.69) is 20.4 Å². The molecular formula is C15H13ClN6O3. The molecule has 0 saturated heterocycles. The van der Waals surface area contributed by atoms with Gasteiger partial charge in [-0.05, 0) is 26.0 Å². The minimum Gasteiger partial charge on any atom is -0.345 e. The van der Waals surface area contributed by atoms with Crippen molar-refractivity contribution in [3.8, 4) is 0 Å². The van der Waals surface area contributed by atoms with E-state index in [1.807, 2.05) is 19.9 Å². The molecule has 9 nitrogen and oxygen atoms in total. The maximum Gasteiger partial charge on any atom is 0.270 e. The number of rotatable bonds is 4. The third-order valence-electron chi connectivity index (χ3n) is 3.47. The first-order chi connectivity index (χ1) is 11.8. The number of amides is 1.